The highest BCUT2D eigenvalue weighted by molar-refractivity contribution is 5.87. The van der Waals surface area contributed by atoms with Gasteiger partial charge in [0.25, 0.3) is 0 Å². The fourth-order valence-corrected chi connectivity index (χ4v) is 4.95. The Morgan fingerprint density at radius 2 is 1.91 bits per heavy atom. The predicted octanol–water partition coefficient (Wildman–Crippen LogP) is 2.93. The van der Waals surface area contributed by atoms with Crippen molar-refractivity contribution in [2.24, 2.45) is 5.92 Å². The summed E-state index contributed by atoms with van der Waals surface area (Å²) >= 11 is 0. The average molecular weight is 480 g/mol. The standard InChI is InChI=1S/C28H37N3O4/c1-20-9-10-24-17-23(20)18-29-28(34)25(16-21-6-3-2-4-7-21)30-26(32)11-12-27(33)31-14-5-8-22(19-31)13-15-35-24/h2-4,6-7,9-10,17,22,25,27,33H,5,8,11-16,18-19H2,1H3,(H,29,34)(H,30,32)/t22?,25-,27?/m0/s1. The summed E-state index contributed by atoms with van der Waals surface area (Å²) < 4.78 is 6.06. The minimum Gasteiger partial charge on any atom is -0.494 e. The lowest BCUT2D eigenvalue weighted by Crippen LogP contribution is -2.48. The van der Waals surface area contributed by atoms with E-state index in [0.29, 0.717) is 31.9 Å². The minimum absolute atomic E-state index is 0.172. The summed E-state index contributed by atoms with van der Waals surface area (Å²) in [7, 11) is 0. The molecule has 4 atom stereocenters. The highest BCUT2D eigenvalue weighted by Crippen LogP contribution is 2.24. The predicted molar refractivity (Wildman–Crippen MR) is 135 cm³/mol. The third-order valence-corrected chi connectivity index (χ3v) is 7.10. The molecule has 7 nitrogen and oxygen atoms in total. The number of carbonyl (C=O) groups excluding carboxylic acids is 2. The fourth-order valence-electron chi connectivity index (χ4n) is 4.95. The van der Waals surface area contributed by atoms with E-state index in [1.807, 2.05) is 55.5 Å². The summed E-state index contributed by atoms with van der Waals surface area (Å²) in [6.45, 7) is 4.64. The zero-order valence-electron chi connectivity index (χ0n) is 20.5. The van der Waals surface area contributed by atoms with E-state index in [4.69, 9.17) is 4.74 Å². The number of ether oxygens (including phenoxy) is 1. The van der Waals surface area contributed by atoms with Gasteiger partial charge in [-0.2, -0.15) is 0 Å². The van der Waals surface area contributed by atoms with Crippen LogP contribution in [0.1, 0.15) is 48.8 Å². The normalized spacial score (nSPS) is 26.5. The average Bonchev–Trinajstić information content (AvgIpc) is 2.87. The summed E-state index contributed by atoms with van der Waals surface area (Å²) in [5, 5.41) is 16.7. The Kier molecular flexibility index (Phi) is 8.77. The molecule has 0 saturated carbocycles. The highest BCUT2D eigenvalue weighted by atomic mass is 16.5. The van der Waals surface area contributed by atoms with E-state index in [0.717, 1.165) is 54.8 Å². The van der Waals surface area contributed by atoms with Gasteiger partial charge in [0.1, 0.15) is 18.0 Å². The number of fused-ring (bicyclic) bond motifs is 4. The van der Waals surface area contributed by atoms with E-state index in [-0.39, 0.29) is 18.2 Å². The van der Waals surface area contributed by atoms with E-state index in [1.165, 1.54) is 0 Å². The second kappa shape index (κ2) is 12.2. The van der Waals surface area contributed by atoms with Crippen LogP contribution in [0.15, 0.2) is 48.5 Å². The van der Waals surface area contributed by atoms with Crippen molar-refractivity contribution >= 4 is 11.8 Å². The molecular formula is C28H37N3O4. The number of hydrogen-bond donors (Lipinski definition) is 3. The summed E-state index contributed by atoms with van der Waals surface area (Å²) in [6, 6.07) is 14.9. The molecule has 2 amide bonds. The number of piperidine rings is 1. The van der Waals surface area contributed by atoms with Crippen LogP contribution in [0.4, 0.5) is 0 Å². The molecule has 0 spiro atoms. The highest BCUT2D eigenvalue weighted by Gasteiger charge is 2.26. The number of carbonyl (C=O) groups is 2. The molecule has 2 aliphatic heterocycles. The molecule has 188 valence electrons. The molecule has 1 fully saturated rings. The molecule has 2 aliphatic rings. The van der Waals surface area contributed by atoms with Crippen molar-refractivity contribution in [1.29, 1.82) is 0 Å². The first-order valence-electron chi connectivity index (χ1n) is 12.7. The molecule has 4 bridgehead atoms. The monoisotopic (exact) mass is 479 g/mol. The molecule has 3 N–H and O–H groups in total. The zero-order valence-corrected chi connectivity index (χ0v) is 20.5. The Morgan fingerprint density at radius 3 is 2.74 bits per heavy atom. The van der Waals surface area contributed by atoms with Gasteiger partial charge in [0.15, 0.2) is 0 Å². The summed E-state index contributed by atoms with van der Waals surface area (Å²) in [5.41, 5.74) is 3.04. The third-order valence-electron chi connectivity index (χ3n) is 7.10. The van der Waals surface area contributed by atoms with Crippen LogP contribution in [0.25, 0.3) is 0 Å². The minimum atomic E-state index is -0.694. The van der Waals surface area contributed by atoms with Crippen LogP contribution in [0.5, 0.6) is 5.75 Å². The van der Waals surface area contributed by atoms with Crippen LogP contribution in [-0.2, 0) is 22.6 Å². The Bertz CT molecular complexity index is 997. The number of nitrogens with one attached hydrogen (secondary N) is 2. The molecule has 7 heteroatoms. The molecule has 2 aromatic carbocycles. The summed E-state index contributed by atoms with van der Waals surface area (Å²) in [6.07, 6.45) is 3.33. The topological polar surface area (TPSA) is 90.9 Å². The van der Waals surface area contributed by atoms with Crippen LogP contribution >= 0.6 is 0 Å². The Hall–Kier alpha value is -2.90. The van der Waals surface area contributed by atoms with Gasteiger partial charge < -0.3 is 20.5 Å². The summed E-state index contributed by atoms with van der Waals surface area (Å²) in [5.74, 6) is 0.809. The molecule has 2 aromatic rings. The van der Waals surface area contributed by atoms with Crippen LogP contribution in [0.3, 0.4) is 0 Å². The first-order chi connectivity index (χ1) is 17.0. The SMILES string of the molecule is Cc1ccc2cc1CNC(=O)[C@H](Cc1ccccc1)NC(=O)CCC(O)N1CCCC(CCO2)C1. The van der Waals surface area contributed by atoms with Gasteiger partial charge in [0.05, 0.1) is 6.61 Å². The number of aryl methyl sites for hydroxylation is 1. The van der Waals surface area contributed by atoms with Gasteiger partial charge in [0.2, 0.25) is 11.8 Å². The maximum Gasteiger partial charge on any atom is 0.243 e. The van der Waals surface area contributed by atoms with E-state index >= 15 is 0 Å². The van der Waals surface area contributed by atoms with Crippen molar-refractivity contribution in [3.8, 4) is 5.75 Å². The van der Waals surface area contributed by atoms with Gasteiger partial charge in [-0.05, 0) is 67.3 Å². The fraction of sp³-hybridized carbons (Fsp3) is 0.500. The first kappa shape index (κ1) is 25.2. The van der Waals surface area contributed by atoms with Crippen molar-refractivity contribution in [2.45, 2.75) is 64.3 Å². The first-order valence-corrected chi connectivity index (χ1v) is 12.7. The van der Waals surface area contributed by atoms with Crippen LogP contribution in [0.2, 0.25) is 0 Å². The van der Waals surface area contributed by atoms with Crippen molar-refractivity contribution < 1.29 is 19.4 Å². The van der Waals surface area contributed by atoms with Gasteiger partial charge in [-0.1, -0.05) is 36.4 Å². The third kappa shape index (κ3) is 7.29. The quantitative estimate of drug-likeness (QED) is 0.616. The van der Waals surface area contributed by atoms with Crippen LogP contribution < -0.4 is 15.4 Å². The molecule has 0 aromatic heterocycles. The number of benzene rings is 2. The lowest BCUT2D eigenvalue weighted by atomic mass is 9.94. The van der Waals surface area contributed by atoms with E-state index < -0.39 is 12.3 Å². The number of nitrogens with zero attached hydrogens (tertiary/aromatic N) is 1. The maximum absolute atomic E-state index is 13.2. The lowest BCUT2D eigenvalue weighted by molar-refractivity contribution is -0.129. The molecule has 0 aliphatic carbocycles. The molecular weight excluding hydrogens is 442 g/mol. The van der Waals surface area contributed by atoms with Gasteiger partial charge in [-0.3, -0.25) is 14.5 Å². The van der Waals surface area contributed by atoms with Crippen molar-refractivity contribution in [3.63, 3.8) is 0 Å². The number of hydrogen-bond acceptors (Lipinski definition) is 5. The molecule has 4 rings (SSSR count). The van der Waals surface area contributed by atoms with Gasteiger partial charge in [0, 0.05) is 32.5 Å². The zero-order chi connectivity index (χ0) is 24.6. The number of aliphatic hydroxyl groups excluding tert-OH is 1. The largest absolute Gasteiger partial charge is 0.494 e. The number of rotatable bonds is 2. The van der Waals surface area contributed by atoms with Gasteiger partial charge in [-0.15, -0.1) is 0 Å². The Balaban J connectivity index is 1.53. The molecule has 2 heterocycles. The molecule has 1 saturated heterocycles. The number of amides is 2. The van der Waals surface area contributed by atoms with Gasteiger partial charge >= 0.3 is 0 Å². The lowest BCUT2D eigenvalue weighted by Gasteiger charge is -2.36. The van der Waals surface area contributed by atoms with Gasteiger partial charge in [-0.25, -0.2) is 0 Å². The summed E-state index contributed by atoms with van der Waals surface area (Å²) in [4.78, 5) is 28.0. The van der Waals surface area contributed by atoms with E-state index in [9.17, 15) is 14.7 Å². The van der Waals surface area contributed by atoms with Crippen molar-refractivity contribution in [3.05, 3.63) is 65.2 Å². The van der Waals surface area contributed by atoms with E-state index in [1.54, 1.807) is 0 Å². The van der Waals surface area contributed by atoms with Crippen molar-refractivity contribution in [1.82, 2.24) is 15.5 Å². The molecule has 0 radical (unpaired) electrons. The molecule has 3 unspecified atom stereocenters. The number of aliphatic hydroxyl groups is 1. The molecule has 35 heavy (non-hydrogen) atoms. The Morgan fingerprint density at radius 1 is 1.09 bits per heavy atom. The Labute approximate surface area is 207 Å². The van der Waals surface area contributed by atoms with Crippen LogP contribution in [0, 0.1) is 12.8 Å². The van der Waals surface area contributed by atoms with Crippen LogP contribution in [-0.4, -0.2) is 53.8 Å². The second-order valence-corrected chi connectivity index (χ2v) is 9.78. The second-order valence-electron chi connectivity index (χ2n) is 9.78. The van der Waals surface area contributed by atoms with E-state index in [2.05, 4.69) is 15.5 Å². The smallest absolute Gasteiger partial charge is 0.243 e. The van der Waals surface area contributed by atoms with Crippen molar-refractivity contribution in [2.75, 3.05) is 19.7 Å². The maximum atomic E-state index is 13.2.